The second kappa shape index (κ2) is 5.52. The fraction of sp³-hybridized carbons (Fsp3) is 0.706. The van der Waals surface area contributed by atoms with E-state index < -0.39 is 0 Å². The van der Waals surface area contributed by atoms with Gasteiger partial charge in [-0.3, -0.25) is 0 Å². The monoisotopic (exact) mass is 260 g/mol. The molecule has 19 heavy (non-hydrogen) atoms. The van der Waals surface area contributed by atoms with Crippen molar-refractivity contribution in [2.24, 2.45) is 11.8 Å². The molecule has 104 valence electrons. The molecule has 1 heterocycles. The van der Waals surface area contributed by atoms with Crippen molar-refractivity contribution < 1.29 is 9.53 Å². The fourth-order valence-electron chi connectivity index (χ4n) is 3.98. The number of rotatable bonds is 5. The molecule has 0 saturated heterocycles. The number of allylic oxidation sites excluding steroid dienone is 2. The molecular formula is C17H24O2. The molecule has 1 unspecified atom stereocenters. The Labute approximate surface area is 115 Å². The van der Waals surface area contributed by atoms with Gasteiger partial charge in [0.15, 0.2) is 0 Å². The van der Waals surface area contributed by atoms with Crippen molar-refractivity contribution in [1.82, 2.24) is 0 Å². The zero-order valence-electron chi connectivity index (χ0n) is 11.9. The molecule has 0 spiro atoms. The number of unbranched alkanes of at least 4 members (excludes halogenated alkanes) is 3. The molecule has 3 aliphatic rings. The first-order chi connectivity index (χ1) is 9.31. The van der Waals surface area contributed by atoms with Crippen LogP contribution in [0.3, 0.4) is 0 Å². The van der Waals surface area contributed by atoms with Crippen LogP contribution in [-0.2, 0) is 9.53 Å². The summed E-state index contributed by atoms with van der Waals surface area (Å²) >= 11 is 0. The summed E-state index contributed by atoms with van der Waals surface area (Å²) in [6.45, 7) is 2.22. The minimum Gasteiger partial charge on any atom is -0.458 e. The van der Waals surface area contributed by atoms with Gasteiger partial charge in [0.25, 0.3) is 0 Å². The molecule has 1 fully saturated rings. The summed E-state index contributed by atoms with van der Waals surface area (Å²) < 4.78 is 5.69. The lowest BCUT2D eigenvalue weighted by Gasteiger charge is -2.34. The SMILES string of the molecule is CCCCCCC1=C2CC=CC3CC[C@H](OC1=O)[C@H]23. The van der Waals surface area contributed by atoms with Gasteiger partial charge in [0.1, 0.15) is 6.10 Å². The summed E-state index contributed by atoms with van der Waals surface area (Å²) in [4.78, 5) is 12.2. The van der Waals surface area contributed by atoms with Gasteiger partial charge < -0.3 is 4.74 Å². The molecule has 3 atom stereocenters. The van der Waals surface area contributed by atoms with Crippen molar-refractivity contribution in [3.05, 3.63) is 23.3 Å². The average Bonchev–Trinajstić information content (AvgIpc) is 2.82. The fourth-order valence-corrected chi connectivity index (χ4v) is 3.98. The maximum absolute atomic E-state index is 12.2. The third kappa shape index (κ3) is 2.37. The van der Waals surface area contributed by atoms with E-state index in [0.29, 0.717) is 11.8 Å². The van der Waals surface area contributed by atoms with Crippen LogP contribution in [0.15, 0.2) is 23.3 Å². The maximum atomic E-state index is 12.2. The summed E-state index contributed by atoms with van der Waals surface area (Å²) in [5, 5.41) is 0. The van der Waals surface area contributed by atoms with E-state index >= 15 is 0 Å². The quantitative estimate of drug-likeness (QED) is 0.421. The third-order valence-electron chi connectivity index (χ3n) is 4.94. The summed E-state index contributed by atoms with van der Waals surface area (Å²) in [5.41, 5.74) is 2.44. The molecule has 1 aliphatic heterocycles. The highest BCUT2D eigenvalue weighted by Gasteiger charge is 2.45. The summed E-state index contributed by atoms with van der Waals surface area (Å²) in [6, 6.07) is 0. The number of carbonyl (C=O) groups is 1. The van der Waals surface area contributed by atoms with Crippen LogP contribution in [0.5, 0.6) is 0 Å². The Hall–Kier alpha value is -1.05. The lowest BCUT2D eigenvalue weighted by molar-refractivity contribution is -0.148. The molecule has 0 aromatic carbocycles. The first kappa shape index (κ1) is 13.0. The number of hydrogen-bond donors (Lipinski definition) is 0. The van der Waals surface area contributed by atoms with Gasteiger partial charge in [-0.15, -0.1) is 0 Å². The van der Waals surface area contributed by atoms with Gasteiger partial charge in [0.2, 0.25) is 0 Å². The van der Waals surface area contributed by atoms with Gasteiger partial charge in [-0.2, -0.15) is 0 Å². The van der Waals surface area contributed by atoms with Gasteiger partial charge in [0.05, 0.1) is 0 Å². The molecule has 3 rings (SSSR count). The largest absolute Gasteiger partial charge is 0.458 e. The highest BCUT2D eigenvalue weighted by atomic mass is 16.5. The van der Waals surface area contributed by atoms with Crippen LogP contribution in [-0.4, -0.2) is 12.1 Å². The molecular weight excluding hydrogens is 236 g/mol. The topological polar surface area (TPSA) is 26.3 Å². The summed E-state index contributed by atoms with van der Waals surface area (Å²) in [5.74, 6) is 1.14. The molecule has 2 heteroatoms. The third-order valence-corrected chi connectivity index (χ3v) is 4.94. The van der Waals surface area contributed by atoms with Crippen molar-refractivity contribution in [3.8, 4) is 0 Å². The van der Waals surface area contributed by atoms with Crippen molar-refractivity contribution in [2.45, 2.75) is 64.4 Å². The Balaban J connectivity index is 1.77. The van der Waals surface area contributed by atoms with Crippen LogP contribution in [0.2, 0.25) is 0 Å². The number of hydrogen-bond acceptors (Lipinski definition) is 2. The van der Waals surface area contributed by atoms with E-state index in [1.807, 2.05) is 0 Å². The van der Waals surface area contributed by atoms with E-state index in [2.05, 4.69) is 19.1 Å². The maximum Gasteiger partial charge on any atom is 0.334 e. The van der Waals surface area contributed by atoms with E-state index in [0.717, 1.165) is 31.3 Å². The zero-order chi connectivity index (χ0) is 13.2. The lowest BCUT2D eigenvalue weighted by Crippen LogP contribution is -2.34. The molecule has 0 bridgehead atoms. The van der Waals surface area contributed by atoms with Crippen LogP contribution in [0.4, 0.5) is 0 Å². The molecule has 2 nitrogen and oxygen atoms in total. The van der Waals surface area contributed by atoms with E-state index in [9.17, 15) is 4.79 Å². The molecule has 0 amide bonds. The van der Waals surface area contributed by atoms with E-state index in [1.165, 1.54) is 31.3 Å². The molecule has 0 aromatic heterocycles. The van der Waals surface area contributed by atoms with Gasteiger partial charge in [-0.25, -0.2) is 4.79 Å². The second-order valence-electron chi connectivity index (χ2n) is 6.16. The number of ether oxygens (including phenoxy) is 1. The highest BCUT2D eigenvalue weighted by molar-refractivity contribution is 5.90. The van der Waals surface area contributed by atoms with Crippen LogP contribution < -0.4 is 0 Å². The smallest absolute Gasteiger partial charge is 0.334 e. The first-order valence-electron chi connectivity index (χ1n) is 7.90. The van der Waals surface area contributed by atoms with Crippen LogP contribution in [0.25, 0.3) is 0 Å². The average molecular weight is 260 g/mol. The molecule has 0 N–H and O–H groups in total. The number of carbonyl (C=O) groups excluding carboxylic acids is 1. The van der Waals surface area contributed by atoms with Crippen LogP contribution in [0, 0.1) is 11.8 Å². The predicted octanol–water partition coefficient (Wildman–Crippen LogP) is 4.16. The van der Waals surface area contributed by atoms with E-state index in [4.69, 9.17) is 4.74 Å². The molecule has 2 aliphatic carbocycles. The van der Waals surface area contributed by atoms with Gasteiger partial charge in [-0.05, 0) is 43.6 Å². The Kier molecular flexibility index (Phi) is 3.76. The Morgan fingerprint density at radius 3 is 3.00 bits per heavy atom. The van der Waals surface area contributed by atoms with Crippen molar-refractivity contribution >= 4 is 5.97 Å². The Morgan fingerprint density at radius 1 is 1.26 bits per heavy atom. The van der Waals surface area contributed by atoms with Crippen molar-refractivity contribution in [3.63, 3.8) is 0 Å². The molecule has 1 saturated carbocycles. The zero-order valence-corrected chi connectivity index (χ0v) is 11.9. The van der Waals surface area contributed by atoms with Gasteiger partial charge >= 0.3 is 5.97 Å². The number of esters is 1. The predicted molar refractivity (Wildman–Crippen MR) is 75.6 cm³/mol. The molecule has 0 aromatic rings. The lowest BCUT2D eigenvalue weighted by atomic mass is 9.77. The van der Waals surface area contributed by atoms with Gasteiger partial charge in [0, 0.05) is 11.5 Å². The molecule has 0 radical (unpaired) electrons. The summed E-state index contributed by atoms with van der Waals surface area (Å²) in [6.07, 6.45) is 13.8. The van der Waals surface area contributed by atoms with Crippen molar-refractivity contribution in [2.75, 3.05) is 0 Å². The normalized spacial score (nSPS) is 32.5. The Bertz CT molecular complexity index is 419. The highest BCUT2D eigenvalue weighted by Crippen LogP contribution is 2.48. The van der Waals surface area contributed by atoms with Gasteiger partial charge in [-0.1, -0.05) is 38.3 Å². The van der Waals surface area contributed by atoms with E-state index in [1.54, 1.807) is 0 Å². The second-order valence-corrected chi connectivity index (χ2v) is 6.16. The Morgan fingerprint density at radius 2 is 2.16 bits per heavy atom. The standard InChI is InChI=1S/C17H24O2/c1-2-3-4-5-8-14-13-9-6-7-12-10-11-15(16(12)13)19-17(14)18/h6-7,12,15-16H,2-5,8-11H2,1H3/t12?,15-,16-/m0/s1. The van der Waals surface area contributed by atoms with E-state index in [-0.39, 0.29) is 12.1 Å². The minimum absolute atomic E-state index is 0.0105. The summed E-state index contributed by atoms with van der Waals surface area (Å²) in [7, 11) is 0. The first-order valence-corrected chi connectivity index (χ1v) is 7.90. The van der Waals surface area contributed by atoms with Crippen LogP contribution >= 0.6 is 0 Å². The minimum atomic E-state index is -0.0105. The van der Waals surface area contributed by atoms with Crippen molar-refractivity contribution in [1.29, 1.82) is 0 Å². The van der Waals surface area contributed by atoms with Crippen LogP contribution in [0.1, 0.15) is 58.3 Å².